The maximum atomic E-state index is 11.0. The molecule has 0 aliphatic heterocycles. The molecule has 0 saturated heterocycles. The molecule has 0 heterocycles. The number of methoxy groups -OCH3 is 1. The minimum atomic E-state index is -1.06. The number of phenols is 1. The Bertz CT molecular complexity index is 576. The fourth-order valence-electron chi connectivity index (χ4n) is 1.72. The third-order valence-electron chi connectivity index (χ3n) is 2.63. The Balaban J connectivity index is 2.66. The average Bonchev–Trinajstić information content (AvgIpc) is 2.39. The second-order valence-electron chi connectivity index (χ2n) is 3.75. The van der Waals surface area contributed by atoms with Crippen LogP contribution in [0.2, 0.25) is 0 Å². The molecule has 0 fully saturated rings. The van der Waals surface area contributed by atoms with Gasteiger partial charge in [0.2, 0.25) is 0 Å². The van der Waals surface area contributed by atoms with Crippen molar-refractivity contribution in [2.24, 2.45) is 0 Å². The summed E-state index contributed by atoms with van der Waals surface area (Å²) >= 11 is 0. The number of hydrogen-bond donors (Lipinski definition) is 2. The van der Waals surface area contributed by atoms with Crippen molar-refractivity contribution in [2.75, 3.05) is 7.11 Å². The first kappa shape index (κ1) is 12.0. The number of rotatable bonds is 3. The summed E-state index contributed by atoms with van der Waals surface area (Å²) in [5, 5.41) is 19.1. The molecule has 4 nitrogen and oxygen atoms in total. The van der Waals surface area contributed by atoms with Crippen LogP contribution < -0.4 is 4.74 Å². The third kappa shape index (κ3) is 2.13. The predicted octanol–water partition coefficient (Wildman–Crippen LogP) is 2.77. The lowest BCUT2D eigenvalue weighted by Gasteiger charge is -2.10. The van der Waals surface area contributed by atoms with Gasteiger partial charge in [-0.15, -0.1) is 0 Å². The van der Waals surface area contributed by atoms with Crippen LogP contribution in [0.15, 0.2) is 42.5 Å². The third-order valence-corrected chi connectivity index (χ3v) is 2.63. The van der Waals surface area contributed by atoms with Crippen molar-refractivity contribution in [3.05, 3.63) is 48.0 Å². The molecule has 2 rings (SSSR count). The second kappa shape index (κ2) is 4.79. The first-order valence-electron chi connectivity index (χ1n) is 5.33. The van der Waals surface area contributed by atoms with E-state index in [1.54, 1.807) is 12.1 Å². The van der Waals surface area contributed by atoms with Gasteiger partial charge < -0.3 is 14.9 Å². The van der Waals surface area contributed by atoms with Gasteiger partial charge in [-0.25, -0.2) is 4.79 Å². The SMILES string of the molecule is COc1cc(C(=O)O)cc(-c2ccccc2)c1O. The van der Waals surface area contributed by atoms with E-state index in [1.165, 1.54) is 19.2 Å². The van der Waals surface area contributed by atoms with Crippen LogP contribution in [0, 0.1) is 0 Å². The van der Waals surface area contributed by atoms with Crippen LogP contribution in [0.5, 0.6) is 11.5 Å². The smallest absolute Gasteiger partial charge is 0.335 e. The molecule has 0 atom stereocenters. The van der Waals surface area contributed by atoms with E-state index in [4.69, 9.17) is 9.84 Å². The summed E-state index contributed by atoms with van der Waals surface area (Å²) in [7, 11) is 1.38. The molecule has 0 amide bonds. The normalized spacial score (nSPS) is 10.1. The van der Waals surface area contributed by atoms with E-state index in [1.807, 2.05) is 18.2 Å². The van der Waals surface area contributed by atoms with Gasteiger partial charge in [0.05, 0.1) is 12.7 Å². The Morgan fingerprint density at radius 1 is 1.17 bits per heavy atom. The van der Waals surface area contributed by atoms with Gasteiger partial charge in [0.25, 0.3) is 0 Å². The van der Waals surface area contributed by atoms with E-state index < -0.39 is 5.97 Å². The molecule has 0 radical (unpaired) electrons. The van der Waals surface area contributed by atoms with E-state index in [-0.39, 0.29) is 17.1 Å². The molecule has 92 valence electrons. The van der Waals surface area contributed by atoms with Crippen LogP contribution in [0.4, 0.5) is 0 Å². The van der Waals surface area contributed by atoms with E-state index in [0.717, 1.165) is 5.56 Å². The topological polar surface area (TPSA) is 66.8 Å². The molecule has 18 heavy (non-hydrogen) atoms. The quantitative estimate of drug-likeness (QED) is 0.871. The highest BCUT2D eigenvalue weighted by molar-refractivity contribution is 5.91. The Morgan fingerprint density at radius 2 is 1.83 bits per heavy atom. The van der Waals surface area contributed by atoms with Gasteiger partial charge in [-0.3, -0.25) is 0 Å². The highest BCUT2D eigenvalue weighted by Gasteiger charge is 2.15. The van der Waals surface area contributed by atoms with Crippen molar-refractivity contribution >= 4 is 5.97 Å². The Labute approximate surface area is 104 Å². The number of benzene rings is 2. The monoisotopic (exact) mass is 244 g/mol. The van der Waals surface area contributed by atoms with Crippen LogP contribution in [-0.4, -0.2) is 23.3 Å². The summed E-state index contributed by atoms with van der Waals surface area (Å²) in [6.07, 6.45) is 0. The minimum absolute atomic E-state index is 0.0614. The number of ether oxygens (including phenoxy) is 1. The van der Waals surface area contributed by atoms with Crippen molar-refractivity contribution in [3.8, 4) is 22.6 Å². The Hall–Kier alpha value is -2.49. The van der Waals surface area contributed by atoms with Crippen LogP contribution in [0.1, 0.15) is 10.4 Å². The number of carboxylic acid groups (broad SMARTS) is 1. The molecular weight excluding hydrogens is 232 g/mol. The van der Waals surface area contributed by atoms with Gasteiger partial charge in [0.15, 0.2) is 11.5 Å². The zero-order chi connectivity index (χ0) is 13.1. The van der Waals surface area contributed by atoms with Gasteiger partial charge in [-0.1, -0.05) is 30.3 Å². The molecule has 0 bridgehead atoms. The Morgan fingerprint density at radius 3 is 2.39 bits per heavy atom. The van der Waals surface area contributed by atoms with E-state index >= 15 is 0 Å². The number of aromatic carboxylic acids is 1. The largest absolute Gasteiger partial charge is 0.504 e. The zero-order valence-corrected chi connectivity index (χ0v) is 9.75. The average molecular weight is 244 g/mol. The van der Waals surface area contributed by atoms with Gasteiger partial charge >= 0.3 is 5.97 Å². The highest BCUT2D eigenvalue weighted by Crippen LogP contribution is 2.38. The molecule has 2 aromatic rings. The van der Waals surface area contributed by atoms with Gasteiger partial charge in [-0.2, -0.15) is 0 Å². The molecule has 0 aliphatic rings. The second-order valence-corrected chi connectivity index (χ2v) is 3.75. The minimum Gasteiger partial charge on any atom is -0.504 e. The molecule has 0 unspecified atom stereocenters. The fourth-order valence-corrected chi connectivity index (χ4v) is 1.72. The van der Waals surface area contributed by atoms with E-state index in [2.05, 4.69) is 0 Å². The summed E-state index contributed by atoms with van der Waals surface area (Å²) in [5.41, 5.74) is 1.24. The number of carboxylic acids is 1. The van der Waals surface area contributed by atoms with Crippen molar-refractivity contribution in [3.63, 3.8) is 0 Å². The lowest BCUT2D eigenvalue weighted by molar-refractivity contribution is 0.0696. The van der Waals surface area contributed by atoms with E-state index in [9.17, 15) is 9.90 Å². The molecule has 2 N–H and O–H groups in total. The number of phenolic OH excluding ortho intramolecular Hbond substituents is 1. The fraction of sp³-hybridized carbons (Fsp3) is 0.0714. The summed E-state index contributed by atoms with van der Waals surface area (Å²) in [6.45, 7) is 0. The molecule has 2 aromatic carbocycles. The van der Waals surface area contributed by atoms with Crippen LogP contribution in [0.25, 0.3) is 11.1 Å². The summed E-state index contributed by atoms with van der Waals surface area (Å²) in [4.78, 5) is 11.0. The lowest BCUT2D eigenvalue weighted by Crippen LogP contribution is -1.98. The first-order chi connectivity index (χ1) is 8.63. The molecule has 4 heteroatoms. The van der Waals surface area contributed by atoms with E-state index in [0.29, 0.717) is 5.56 Å². The molecule has 0 aliphatic carbocycles. The highest BCUT2D eigenvalue weighted by atomic mass is 16.5. The maximum Gasteiger partial charge on any atom is 0.335 e. The van der Waals surface area contributed by atoms with Crippen molar-refractivity contribution in [1.29, 1.82) is 0 Å². The van der Waals surface area contributed by atoms with Gasteiger partial charge in [-0.05, 0) is 17.7 Å². The van der Waals surface area contributed by atoms with Crippen molar-refractivity contribution in [2.45, 2.75) is 0 Å². The zero-order valence-electron chi connectivity index (χ0n) is 9.75. The van der Waals surface area contributed by atoms with Crippen LogP contribution >= 0.6 is 0 Å². The van der Waals surface area contributed by atoms with Gasteiger partial charge in [0.1, 0.15) is 0 Å². The maximum absolute atomic E-state index is 11.0. The number of aromatic hydroxyl groups is 1. The molecule has 0 spiro atoms. The summed E-state index contributed by atoms with van der Waals surface area (Å²) in [5.74, 6) is -0.979. The number of hydrogen-bond acceptors (Lipinski definition) is 3. The first-order valence-corrected chi connectivity index (χ1v) is 5.33. The number of carbonyl (C=O) groups is 1. The van der Waals surface area contributed by atoms with Crippen molar-refractivity contribution in [1.82, 2.24) is 0 Å². The molecule has 0 aromatic heterocycles. The standard InChI is InChI=1S/C14H12O4/c1-18-12-8-10(14(16)17)7-11(13(12)15)9-5-3-2-4-6-9/h2-8,15H,1H3,(H,16,17). The summed E-state index contributed by atoms with van der Waals surface area (Å²) < 4.78 is 4.98. The molecule has 0 saturated carbocycles. The summed E-state index contributed by atoms with van der Waals surface area (Å²) in [6, 6.07) is 11.8. The Kier molecular flexibility index (Phi) is 3.19. The van der Waals surface area contributed by atoms with Gasteiger partial charge in [0, 0.05) is 5.56 Å². The van der Waals surface area contributed by atoms with Crippen LogP contribution in [-0.2, 0) is 0 Å². The predicted molar refractivity (Wildman–Crippen MR) is 67.1 cm³/mol. The molecular formula is C14H12O4. The van der Waals surface area contributed by atoms with Crippen LogP contribution in [0.3, 0.4) is 0 Å². The lowest BCUT2D eigenvalue weighted by atomic mass is 10.0. The van der Waals surface area contributed by atoms with Crippen molar-refractivity contribution < 1.29 is 19.7 Å².